The van der Waals surface area contributed by atoms with Crippen molar-refractivity contribution < 1.29 is 14.3 Å². The fourth-order valence-corrected chi connectivity index (χ4v) is 3.61. The Morgan fingerprint density at radius 1 is 1.18 bits per heavy atom. The summed E-state index contributed by atoms with van der Waals surface area (Å²) in [5.74, 6) is 0.0881. The van der Waals surface area contributed by atoms with Gasteiger partial charge in [-0.05, 0) is 43.2 Å². The van der Waals surface area contributed by atoms with Gasteiger partial charge in [0, 0.05) is 25.0 Å². The van der Waals surface area contributed by atoms with Crippen molar-refractivity contribution in [2.45, 2.75) is 12.8 Å². The SMILES string of the molecule is COc1ccc(NC(=O)c2nc(C(=O)N3CCCC3)c3ccccn23)cc1Cl. The second kappa shape index (κ2) is 7.52. The molecule has 3 heterocycles. The van der Waals surface area contributed by atoms with Crippen LogP contribution in [0.5, 0.6) is 5.75 Å². The van der Waals surface area contributed by atoms with E-state index < -0.39 is 5.91 Å². The topological polar surface area (TPSA) is 75.9 Å². The monoisotopic (exact) mass is 398 g/mol. The number of pyridine rings is 1. The molecule has 0 saturated carbocycles. The van der Waals surface area contributed by atoms with Gasteiger partial charge in [-0.2, -0.15) is 0 Å². The number of imidazole rings is 1. The summed E-state index contributed by atoms with van der Waals surface area (Å²) in [6, 6.07) is 10.4. The number of anilines is 1. The number of nitrogens with zero attached hydrogens (tertiary/aromatic N) is 3. The molecule has 7 nitrogen and oxygen atoms in total. The molecule has 1 aliphatic heterocycles. The number of benzene rings is 1. The number of amides is 2. The number of hydrogen-bond donors (Lipinski definition) is 1. The van der Waals surface area contributed by atoms with Crippen LogP contribution in [0.25, 0.3) is 5.52 Å². The normalized spacial score (nSPS) is 13.7. The Morgan fingerprint density at radius 3 is 2.68 bits per heavy atom. The van der Waals surface area contributed by atoms with Gasteiger partial charge in [0.25, 0.3) is 11.8 Å². The zero-order valence-corrected chi connectivity index (χ0v) is 16.1. The highest BCUT2D eigenvalue weighted by atomic mass is 35.5. The highest BCUT2D eigenvalue weighted by Gasteiger charge is 2.26. The third-order valence-corrected chi connectivity index (χ3v) is 5.05. The highest BCUT2D eigenvalue weighted by molar-refractivity contribution is 6.32. The molecule has 1 aliphatic rings. The first kappa shape index (κ1) is 18.3. The first-order chi connectivity index (χ1) is 13.6. The fourth-order valence-electron chi connectivity index (χ4n) is 3.36. The van der Waals surface area contributed by atoms with Gasteiger partial charge in [-0.15, -0.1) is 0 Å². The van der Waals surface area contributed by atoms with Crippen LogP contribution in [0, 0.1) is 0 Å². The van der Waals surface area contributed by atoms with Gasteiger partial charge in [0.2, 0.25) is 5.82 Å². The summed E-state index contributed by atoms with van der Waals surface area (Å²) in [7, 11) is 1.52. The minimum atomic E-state index is -0.428. The lowest BCUT2D eigenvalue weighted by Gasteiger charge is -2.13. The average Bonchev–Trinajstić information content (AvgIpc) is 3.36. The van der Waals surface area contributed by atoms with Crippen molar-refractivity contribution in [1.82, 2.24) is 14.3 Å². The Kier molecular flexibility index (Phi) is 4.92. The van der Waals surface area contributed by atoms with Gasteiger partial charge in [0.15, 0.2) is 5.69 Å². The summed E-state index contributed by atoms with van der Waals surface area (Å²) < 4.78 is 6.75. The van der Waals surface area contributed by atoms with E-state index in [1.165, 1.54) is 7.11 Å². The first-order valence-corrected chi connectivity index (χ1v) is 9.37. The number of carbonyl (C=O) groups is 2. The molecule has 0 radical (unpaired) electrons. The molecule has 1 saturated heterocycles. The molecule has 0 aliphatic carbocycles. The lowest BCUT2D eigenvalue weighted by molar-refractivity contribution is 0.0789. The van der Waals surface area contributed by atoms with Gasteiger partial charge >= 0.3 is 0 Å². The average molecular weight is 399 g/mol. The molecule has 0 unspecified atom stereocenters. The van der Waals surface area contributed by atoms with E-state index in [4.69, 9.17) is 16.3 Å². The molecule has 0 bridgehead atoms. The van der Waals surface area contributed by atoms with E-state index >= 15 is 0 Å². The maximum absolute atomic E-state index is 12.9. The van der Waals surface area contributed by atoms with Crippen molar-refractivity contribution >= 4 is 34.6 Å². The Labute approximate surface area is 166 Å². The van der Waals surface area contributed by atoms with Crippen molar-refractivity contribution in [2.24, 2.45) is 0 Å². The van der Waals surface area contributed by atoms with Crippen LogP contribution < -0.4 is 10.1 Å². The van der Waals surface area contributed by atoms with E-state index in [0.29, 0.717) is 27.7 Å². The van der Waals surface area contributed by atoms with Gasteiger partial charge in [-0.3, -0.25) is 14.0 Å². The predicted molar refractivity (Wildman–Crippen MR) is 106 cm³/mol. The van der Waals surface area contributed by atoms with Crippen LogP contribution in [0.15, 0.2) is 42.6 Å². The second-order valence-electron chi connectivity index (χ2n) is 6.54. The molecule has 4 rings (SSSR count). The maximum atomic E-state index is 12.9. The molecule has 144 valence electrons. The Bertz CT molecular complexity index is 1060. The lowest BCUT2D eigenvalue weighted by Crippen LogP contribution is -2.28. The minimum absolute atomic E-state index is 0.144. The molecule has 8 heteroatoms. The molecule has 1 N–H and O–H groups in total. The smallest absolute Gasteiger partial charge is 0.292 e. The molecule has 1 aromatic carbocycles. The van der Waals surface area contributed by atoms with Gasteiger partial charge in [0.1, 0.15) is 5.75 Å². The summed E-state index contributed by atoms with van der Waals surface area (Å²) in [4.78, 5) is 31.9. The van der Waals surface area contributed by atoms with E-state index in [0.717, 1.165) is 25.9 Å². The minimum Gasteiger partial charge on any atom is -0.495 e. The van der Waals surface area contributed by atoms with Crippen molar-refractivity contribution in [1.29, 1.82) is 0 Å². The standard InChI is InChI=1S/C20H19ClN4O3/c1-28-16-8-7-13(12-14(16)21)22-19(26)18-23-17(15-6-2-3-11-25(15)18)20(27)24-9-4-5-10-24/h2-3,6-8,11-12H,4-5,9-10H2,1H3,(H,22,26). The molecule has 1 fully saturated rings. The number of methoxy groups -OCH3 is 1. The van der Waals surface area contributed by atoms with E-state index in [1.807, 2.05) is 6.07 Å². The van der Waals surface area contributed by atoms with Gasteiger partial charge in [-0.1, -0.05) is 17.7 Å². The fraction of sp³-hybridized carbons (Fsp3) is 0.250. The summed E-state index contributed by atoms with van der Waals surface area (Å²) in [6.07, 6.45) is 3.70. The third kappa shape index (κ3) is 3.29. The van der Waals surface area contributed by atoms with Crippen LogP contribution in [0.3, 0.4) is 0 Å². The number of nitrogens with one attached hydrogen (secondary N) is 1. The van der Waals surface area contributed by atoms with Crippen LogP contribution >= 0.6 is 11.6 Å². The number of hydrogen-bond acceptors (Lipinski definition) is 4. The predicted octanol–water partition coefficient (Wildman–Crippen LogP) is 3.48. The van der Waals surface area contributed by atoms with E-state index in [9.17, 15) is 9.59 Å². The summed E-state index contributed by atoms with van der Waals surface area (Å²) in [5.41, 5.74) is 1.41. The third-order valence-electron chi connectivity index (χ3n) is 4.76. The zero-order chi connectivity index (χ0) is 19.7. The van der Waals surface area contributed by atoms with Crippen molar-refractivity contribution in [3.05, 3.63) is 59.1 Å². The number of halogens is 1. The highest BCUT2D eigenvalue weighted by Crippen LogP contribution is 2.27. The maximum Gasteiger partial charge on any atom is 0.292 e. The van der Waals surface area contributed by atoms with Crippen LogP contribution in [-0.2, 0) is 0 Å². The number of rotatable bonds is 4. The lowest BCUT2D eigenvalue weighted by atomic mass is 10.3. The molecular weight excluding hydrogens is 380 g/mol. The first-order valence-electron chi connectivity index (χ1n) is 9.00. The summed E-state index contributed by atoms with van der Waals surface area (Å²) >= 11 is 6.13. The molecule has 3 aromatic rings. The molecule has 2 aromatic heterocycles. The zero-order valence-electron chi connectivity index (χ0n) is 15.3. The van der Waals surface area contributed by atoms with Crippen molar-refractivity contribution in [3.63, 3.8) is 0 Å². The Balaban J connectivity index is 1.67. The number of fused-ring (bicyclic) bond motifs is 1. The van der Waals surface area contributed by atoms with Gasteiger partial charge < -0.3 is 15.0 Å². The number of carbonyl (C=O) groups excluding carboxylic acids is 2. The van der Waals surface area contributed by atoms with Crippen molar-refractivity contribution in [2.75, 3.05) is 25.5 Å². The van der Waals surface area contributed by atoms with E-state index in [2.05, 4.69) is 10.3 Å². The molecule has 28 heavy (non-hydrogen) atoms. The molecular formula is C20H19ClN4O3. The molecule has 0 atom stereocenters. The van der Waals surface area contributed by atoms with E-state index in [1.54, 1.807) is 45.8 Å². The Morgan fingerprint density at radius 2 is 1.96 bits per heavy atom. The largest absolute Gasteiger partial charge is 0.495 e. The quantitative estimate of drug-likeness (QED) is 0.730. The number of likely N-dealkylation sites (tertiary alicyclic amines) is 1. The van der Waals surface area contributed by atoms with Crippen LogP contribution in [0.4, 0.5) is 5.69 Å². The molecule has 2 amide bonds. The second-order valence-corrected chi connectivity index (χ2v) is 6.95. The van der Waals surface area contributed by atoms with Crippen LogP contribution in [-0.4, -0.2) is 46.3 Å². The summed E-state index contributed by atoms with van der Waals surface area (Å²) in [6.45, 7) is 1.44. The number of ether oxygens (including phenoxy) is 1. The number of aromatic nitrogens is 2. The van der Waals surface area contributed by atoms with Gasteiger partial charge in [0.05, 0.1) is 17.6 Å². The van der Waals surface area contributed by atoms with E-state index in [-0.39, 0.29) is 11.7 Å². The summed E-state index contributed by atoms with van der Waals surface area (Å²) in [5, 5.41) is 3.16. The van der Waals surface area contributed by atoms with Gasteiger partial charge in [-0.25, -0.2) is 4.98 Å². The Hall–Kier alpha value is -3.06. The van der Waals surface area contributed by atoms with Crippen LogP contribution in [0.2, 0.25) is 5.02 Å². The van der Waals surface area contributed by atoms with Crippen molar-refractivity contribution in [3.8, 4) is 5.75 Å². The van der Waals surface area contributed by atoms with Crippen LogP contribution in [0.1, 0.15) is 33.9 Å². The molecule has 0 spiro atoms.